The van der Waals surface area contributed by atoms with Crippen molar-refractivity contribution in [3.05, 3.63) is 65.0 Å². The molecule has 0 fully saturated rings. The topological polar surface area (TPSA) is 29.5 Å². The van der Waals surface area contributed by atoms with Gasteiger partial charge in [0, 0.05) is 17.2 Å². The van der Waals surface area contributed by atoms with E-state index in [9.17, 15) is 13.2 Å². The molecule has 1 N–H and O–H groups in total. The molecule has 5 heteroatoms. The highest BCUT2D eigenvalue weighted by Crippen LogP contribution is 2.20. The summed E-state index contributed by atoms with van der Waals surface area (Å²) in [5.41, 5.74) is 0.631. The van der Waals surface area contributed by atoms with Gasteiger partial charge in [-0.25, -0.2) is 13.2 Å². The van der Waals surface area contributed by atoms with Crippen molar-refractivity contribution in [3.63, 3.8) is 0 Å². The summed E-state index contributed by atoms with van der Waals surface area (Å²) in [6.45, 7) is -0.502. The SMILES string of the molecule is OCC#Cc1ccc(COc2ccc(F)cc2F)c(F)c1. The molecule has 0 unspecified atom stereocenters. The molecule has 2 nitrogen and oxygen atoms in total. The Kier molecular flexibility index (Phi) is 4.85. The monoisotopic (exact) mass is 292 g/mol. The Hall–Kier alpha value is -2.45. The molecule has 2 rings (SSSR count). The van der Waals surface area contributed by atoms with Crippen LogP contribution >= 0.6 is 0 Å². The second-order valence-electron chi connectivity index (χ2n) is 4.13. The highest BCUT2D eigenvalue weighted by molar-refractivity contribution is 5.37. The molecule has 0 aliphatic carbocycles. The van der Waals surface area contributed by atoms with Gasteiger partial charge in [-0.15, -0.1) is 0 Å². The van der Waals surface area contributed by atoms with Crippen LogP contribution in [0.25, 0.3) is 0 Å². The summed E-state index contributed by atoms with van der Waals surface area (Å²) in [4.78, 5) is 0. The van der Waals surface area contributed by atoms with Gasteiger partial charge in [-0.05, 0) is 24.3 Å². The molecule has 0 aliphatic rings. The third kappa shape index (κ3) is 4.01. The highest BCUT2D eigenvalue weighted by atomic mass is 19.1. The van der Waals surface area contributed by atoms with Gasteiger partial charge in [-0.1, -0.05) is 17.9 Å². The summed E-state index contributed by atoms with van der Waals surface area (Å²) in [7, 11) is 0. The molecule has 0 spiro atoms. The van der Waals surface area contributed by atoms with E-state index in [-0.39, 0.29) is 24.5 Å². The average molecular weight is 292 g/mol. The maximum absolute atomic E-state index is 13.8. The van der Waals surface area contributed by atoms with Crippen LogP contribution in [0.3, 0.4) is 0 Å². The summed E-state index contributed by atoms with van der Waals surface area (Å²) < 4.78 is 45.0. The predicted molar refractivity (Wildman–Crippen MR) is 71.1 cm³/mol. The molecular weight excluding hydrogens is 281 g/mol. The summed E-state index contributed by atoms with van der Waals surface area (Å²) in [5, 5.41) is 8.56. The number of halogens is 3. The number of ether oxygens (including phenoxy) is 1. The van der Waals surface area contributed by atoms with E-state index in [0.717, 1.165) is 12.1 Å². The maximum atomic E-state index is 13.8. The summed E-state index contributed by atoms with van der Waals surface area (Å²) in [6.07, 6.45) is 0. The first kappa shape index (κ1) is 14.9. The molecule has 108 valence electrons. The van der Waals surface area contributed by atoms with Crippen LogP contribution in [0.1, 0.15) is 11.1 Å². The second kappa shape index (κ2) is 6.82. The standard InChI is InChI=1S/C16H11F3O2/c17-13-5-6-16(15(19)9-13)21-10-12-4-3-11(2-1-7-20)8-14(12)18/h3-6,8-9,20H,7,10H2. The van der Waals surface area contributed by atoms with Gasteiger partial charge in [0.2, 0.25) is 0 Å². The third-order valence-corrected chi connectivity index (χ3v) is 2.64. The van der Waals surface area contributed by atoms with E-state index < -0.39 is 17.5 Å². The third-order valence-electron chi connectivity index (χ3n) is 2.64. The lowest BCUT2D eigenvalue weighted by Gasteiger charge is -2.08. The van der Waals surface area contributed by atoms with Gasteiger partial charge in [-0.2, -0.15) is 0 Å². The van der Waals surface area contributed by atoms with Gasteiger partial charge in [-0.3, -0.25) is 0 Å². The Morgan fingerprint density at radius 2 is 1.81 bits per heavy atom. The Morgan fingerprint density at radius 3 is 2.48 bits per heavy atom. The fourth-order valence-corrected chi connectivity index (χ4v) is 1.63. The Bertz CT molecular complexity index is 702. The molecule has 2 aromatic rings. The fourth-order valence-electron chi connectivity index (χ4n) is 1.63. The van der Waals surface area contributed by atoms with Gasteiger partial charge >= 0.3 is 0 Å². The highest BCUT2D eigenvalue weighted by Gasteiger charge is 2.08. The first-order valence-electron chi connectivity index (χ1n) is 6.06. The minimum Gasteiger partial charge on any atom is -0.486 e. The van der Waals surface area contributed by atoms with Crippen molar-refractivity contribution in [1.29, 1.82) is 0 Å². The number of benzene rings is 2. The van der Waals surface area contributed by atoms with Gasteiger partial charge in [0.1, 0.15) is 24.8 Å². The number of aliphatic hydroxyl groups excluding tert-OH is 1. The van der Waals surface area contributed by atoms with Gasteiger partial charge in [0.05, 0.1) is 0 Å². The molecule has 0 aliphatic heterocycles. The zero-order valence-electron chi connectivity index (χ0n) is 10.9. The Balaban J connectivity index is 2.09. The summed E-state index contributed by atoms with van der Waals surface area (Å²) in [5.74, 6) is 2.71. The van der Waals surface area contributed by atoms with Crippen molar-refractivity contribution >= 4 is 0 Å². The molecule has 0 heterocycles. The van der Waals surface area contributed by atoms with E-state index in [0.29, 0.717) is 11.6 Å². The maximum Gasteiger partial charge on any atom is 0.167 e. The van der Waals surface area contributed by atoms with Crippen LogP contribution in [-0.2, 0) is 6.61 Å². The predicted octanol–water partition coefficient (Wildman–Crippen LogP) is 3.03. The Morgan fingerprint density at radius 1 is 1.00 bits per heavy atom. The Labute approximate surface area is 119 Å². The van der Waals surface area contributed by atoms with E-state index in [2.05, 4.69) is 11.8 Å². The number of rotatable bonds is 3. The molecule has 0 bridgehead atoms. The van der Waals surface area contributed by atoms with Crippen molar-refractivity contribution < 1.29 is 23.0 Å². The zero-order chi connectivity index (χ0) is 15.2. The van der Waals surface area contributed by atoms with Crippen LogP contribution in [0.5, 0.6) is 5.75 Å². The van der Waals surface area contributed by atoms with Crippen LogP contribution in [0.4, 0.5) is 13.2 Å². The van der Waals surface area contributed by atoms with Crippen LogP contribution in [0.2, 0.25) is 0 Å². The zero-order valence-corrected chi connectivity index (χ0v) is 10.9. The number of hydrogen-bond acceptors (Lipinski definition) is 2. The quantitative estimate of drug-likeness (QED) is 0.881. The van der Waals surface area contributed by atoms with E-state index >= 15 is 0 Å². The normalized spacial score (nSPS) is 9.90. The molecule has 0 radical (unpaired) electrons. The lowest BCUT2D eigenvalue weighted by Crippen LogP contribution is -2.00. The molecular formula is C16H11F3O2. The van der Waals surface area contributed by atoms with E-state index in [4.69, 9.17) is 9.84 Å². The first-order valence-corrected chi connectivity index (χ1v) is 6.06. The minimum absolute atomic E-state index is 0.153. The van der Waals surface area contributed by atoms with Crippen molar-refractivity contribution in [2.24, 2.45) is 0 Å². The summed E-state index contributed by atoms with van der Waals surface area (Å²) >= 11 is 0. The van der Waals surface area contributed by atoms with Gasteiger partial charge < -0.3 is 9.84 Å². The van der Waals surface area contributed by atoms with E-state index in [1.165, 1.54) is 12.1 Å². The largest absolute Gasteiger partial charge is 0.486 e. The van der Waals surface area contributed by atoms with Crippen molar-refractivity contribution in [3.8, 4) is 17.6 Å². The van der Waals surface area contributed by atoms with Crippen molar-refractivity contribution in [2.75, 3.05) is 6.61 Å². The summed E-state index contributed by atoms with van der Waals surface area (Å²) in [6, 6.07) is 7.11. The average Bonchev–Trinajstić information content (AvgIpc) is 2.45. The molecule has 0 saturated heterocycles. The molecule has 0 saturated carbocycles. The van der Waals surface area contributed by atoms with Crippen LogP contribution < -0.4 is 4.74 Å². The first-order chi connectivity index (χ1) is 10.1. The minimum atomic E-state index is -0.846. The smallest absolute Gasteiger partial charge is 0.167 e. The fraction of sp³-hybridized carbons (Fsp3) is 0.125. The molecule has 0 aromatic heterocycles. The lowest BCUT2D eigenvalue weighted by molar-refractivity contribution is 0.284. The van der Waals surface area contributed by atoms with E-state index in [1.54, 1.807) is 6.07 Å². The van der Waals surface area contributed by atoms with Crippen molar-refractivity contribution in [2.45, 2.75) is 6.61 Å². The van der Waals surface area contributed by atoms with Crippen LogP contribution in [0, 0.1) is 29.3 Å². The molecule has 21 heavy (non-hydrogen) atoms. The number of aliphatic hydroxyl groups is 1. The van der Waals surface area contributed by atoms with Gasteiger partial charge in [0.25, 0.3) is 0 Å². The van der Waals surface area contributed by atoms with Crippen LogP contribution in [-0.4, -0.2) is 11.7 Å². The van der Waals surface area contributed by atoms with E-state index in [1.807, 2.05) is 0 Å². The van der Waals surface area contributed by atoms with Gasteiger partial charge in [0.15, 0.2) is 11.6 Å². The van der Waals surface area contributed by atoms with Crippen LogP contribution in [0.15, 0.2) is 36.4 Å². The molecule has 0 atom stereocenters. The second-order valence-corrected chi connectivity index (χ2v) is 4.13. The molecule has 0 amide bonds. The molecule has 2 aromatic carbocycles. The van der Waals surface area contributed by atoms with Crippen molar-refractivity contribution in [1.82, 2.24) is 0 Å². The number of hydrogen-bond donors (Lipinski definition) is 1. The lowest BCUT2D eigenvalue weighted by atomic mass is 10.1.